The van der Waals surface area contributed by atoms with Gasteiger partial charge < -0.3 is 10.4 Å². The number of hydrogen-bond donors (Lipinski definition) is 2. The van der Waals surface area contributed by atoms with Gasteiger partial charge in [0.2, 0.25) is 0 Å². The maximum atomic E-state index is 13.3. The fraction of sp³-hybridized carbons (Fsp3) is 0.500. The Bertz CT molecular complexity index is 518. The van der Waals surface area contributed by atoms with Gasteiger partial charge in [0.1, 0.15) is 6.17 Å². The lowest BCUT2D eigenvalue weighted by Crippen LogP contribution is -2.32. The van der Waals surface area contributed by atoms with Crippen LogP contribution < -0.4 is 5.32 Å². The molecule has 2 rings (SSSR count). The minimum absolute atomic E-state index is 0.104. The number of carboxylic acid groups (broad SMARTS) is 1. The second kappa shape index (κ2) is 7.20. The molecule has 0 aliphatic heterocycles. The van der Waals surface area contributed by atoms with Crippen LogP contribution in [-0.4, -0.2) is 29.7 Å². The van der Waals surface area contributed by atoms with Crippen LogP contribution in [-0.2, 0) is 11.2 Å². The van der Waals surface area contributed by atoms with E-state index in [0.29, 0.717) is 30.5 Å². The third kappa shape index (κ3) is 4.85. The summed E-state index contributed by atoms with van der Waals surface area (Å²) >= 11 is 0. The van der Waals surface area contributed by atoms with Crippen molar-refractivity contribution in [2.24, 2.45) is 5.92 Å². The standard InChI is InChI=1S/C16H20FNO3/c17-14-6-2-4-12(8-14)10-18-16(21)13-5-1-3-11(7-13)9-15(19)20/h1,3,5,7,12,14H,2,4,6,8-10H2,(H,18,21)(H,19,20). The zero-order chi connectivity index (χ0) is 15.2. The maximum absolute atomic E-state index is 13.3. The summed E-state index contributed by atoms with van der Waals surface area (Å²) in [4.78, 5) is 22.7. The van der Waals surface area contributed by atoms with E-state index in [1.165, 1.54) is 0 Å². The molecular weight excluding hydrogens is 273 g/mol. The highest BCUT2D eigenvalue weighted by atomic mass is 19.1. The zero-order valence-corrected chi connectivity index (χ0v) is 11.8. The Morgan fingerprint density at radius 3 is 2.86 bits per heavy atom. The van der Waals surface area contributed by atoms with Gasteiger partial charge in [-0.1, -0.05) is 18.6 Å². The molecule has 0 spiro atoms. The second-order valence-electron chi connectivity index (χ2n) is 5.61. The number of benzene rings is 1. The Balaban J connectivity index is 1.89. The molecule has 0 bridgehead atoms. The van der Waals surface area contributed by atoms with E-state index in [1.807, 2.05) is 0 Å². The van der Waals surface area contributed by atoms with Crippen LogP contribution in [0.4, 0.5) is 4.39 Å². The average Bonchev–Trinajstić information content (AvgIpc) is 2.44. The molecule has 2 N–H and O–H groups in total. The Kier molecular flexibility index (Phi) is 5.31. The fourth-order valence-corrected chi connectivity index (χ4v) is 2.75. The van der Waals surface area contributed by atoms with E-state index in [1.54, 1.807) is 24.3 Å². The zero-order valence-electron chi connectivity index (χ0n) is 11.8. The molecule has 0 radical (unpaired) electrons. The van der Waals surface area contributed by atoms with Crippen LogP contribution in [0.25, 0.3) is 0 Å². The van der Waals surface area contributed by atoms with Crippen molar-refractivity contribution < 1.29 is 19.1 Å². The van der Waals surface area contributed by atoms with E-state index in [0.717, 1.165) is 12.8 Å². The molecule has 1 amide bonds. The summed E-state index contributed by atoms with van der Waals surface area (Å²) in [7, 11) is 0. The van der Waals surface area contributed by atoms with Crippen LogP contribution in [0, 0.1) is 5.92 Å². The first-order valence-electron chi connectivity index (χ1n) is 7.27. The Morgan fingerprint density at radius 2 is 2.14 bits per heavy atom. The third-order valence-corrected chi connectivity index (χ3v) is 3.81. The monoisotopic (exact) mass is 293 g/mol. The van der Waals surface area contributed by atoms with Gasteiger partial charge >= 0.3 is 5.97 Å². The van der Waals surface area contributed by atoms with Gasteiger partial charge in [-0.05, 0) is 42.9 Å². The van der Waals surface area contributed by atoms with Gasteiger partial charge in [0.25, 0.3) is 5.91 Å². The van der Waals surface area contributed by atoms with Crippen molar-refractivity contribution in [2.45, 2.75) is 38.3 Å². The summed E-state index contributed by atoms with van der Waals surface area (Å²) in [5.74, 6) is -0.966. The Labute approximate surface area is 123 Å². The minimum Gasteiger partial charge on any atom is -0.481 e. The van der Waals surface area contributed by atoms with Crippen molar-refractivity contribution in [3.63, 3.8) is 0 Å². The van der Waals surface area contributed by atoms with Gasteiger partial charge in [0.15, 0.2) is 0 Å². The first-order valence-corrected chi connectivity index (χ1v) is 7.27. The second-order valence-corrected chi connectivity index (χ2v) is 5.61. The summed E-state index contributed by atoms with van der Waals surface area (Å²) in [6.07, 6.45) is 2.10. The molecular formula is C16H20FNO3. The molecule has 1 fully saturated rings. The number of aliphatic carboxylic acids is 1. The molecule has 1 aromatic rings. The van der Waals surface area contributed by atoms with Crippen molar-refractivity contribution in [1.29, 1.82) is 0 Å². The van der Waals surface area contributed by atoms with Gasteiger partial charge in [-0.3, -0.25) is 9.59 Å². The molecule has 1 aromatic carbocycles. The molecule has 4 nitrogen and oxygen atoms in total. The molecule has 0 heterocycles. The number of carbonyl (C=O) groups excluding carboxylic acids is 1. The number of rotatable bonds is 5. The first-order chi connectivity index (χ1) is 10.0. The first kappa shape index (κ1) is 15.5. The Hall–Kier alpha value is -1.91. The van der Waals surface area contributed by atoms with Gasteiger partial charge in [-0.2, -0.15) is 0 Å². The van der Waals surface area contributed by atoms with Gasteiger partial charge in [0, 0.05) is 12.1 Å². The number of alkyl halides is 1. The predicted molar refractivity (Wildman–Crippen MR) is 77.0 cm³/mol. The summed E-state index contributed by atoms with van der Waals surface area (Å²) in [5.41, 5.74) is 1.04. The van der Waals surface area contributed by atoms with Crippen molar-refractivity contribution in [3.8, 4) is 0 Å². The number of nitrogens with one attached hydrogen (secondary N) is 1. The van der Waals surface area contributed by atoms with Crippen molar-refractivity contribution >= 4 is 11.9 Å². The van der Waals surface area contributed by atoms with E-state index < -0.39 is 12.1 Å². The van der Waals surface area contributed by atoms with E-state index in [9.17, 15) is 14.0 Å². The van der Waals surface area contributed by atoms with Crippen LogP contribution in [0.3, 0.4) is 0 Å². The lowest BCUT2D eigenvalue weighted by atomic mass is 9.88. The average molecular weight is 293 g/mol. The number of halogens is 1. The third-order valence-electron chi connectivity index (χ3n) is 3.81. The number of amides is 1. The van der Waals surface area contributed by atoms with E-state index in [4.69, 9.17) is 5.11 Å². The molecule has 0 saturated heterocycles. The summed E-state index contributed by atoms with van der Waals surface area (Å²) in [6, 6.07) is 6.59. The largest absolute Gasteiger partial charge is 0.481 e. The highest BCUT2D eigenvalue weighted by molar-refractivity contribution is 5.94. The summed E-state index contributed by atoms with van der Waals surface area (Å²) < 4.78 is 13.3. The lowest BCUT2D eigenvalue weighted by molar-refractivity contribution is -0.136. The number of carboxylic acids is 1. The molecule has 0 aromatic heterocycles. The van der Waals surface area contributed by atoms with E-state index in [2.05, 4.69) is 5.32 Å². The molecule has 21 heavy (non-hydrogen) atoms. The molecule has 2 atom stereocenters. The van der Waals surface area contributed by atoms with Crippen molar-refractivity contribution in [2.75, 3.05) is 6.54 Å². The van der Waals surface area contributed by atoms with Crippen molar-refractivity contribution in [1.82, 2.24) is 5.32 Å². The molecule has 114 valence electrons. The Morgan fingerprint density at radius 1 is 1.33 bits per heavy atom. The van der Waals surface area contributed by atoms with Crippen molar-refractivity contribution in [3.05, 3.63) is 35.4 Å². The summed E-state index contributed by atoms with van der Waals surface area (Å²) in [5, 5.41) is 11.6. The van der Waals surface area contributed by atoms with Crippen LogP contribution in [0.5, 0.6) is 0 Å². The highest BCUT2D eigenvalue weighted by Crippen LogP contribution is 2.25. The van der Waals surface area contributed by atoms with E-state index in [-0.39, 0.29) is 18.2 Å². The number of carbonyl (C=O) groups is 2. The van der Waals surface area contributed by atoms with Gasteiger partial charge in [-0.25, -0.2) is 4.39 Å². The molecule has 1 aliphatic rings. The SMILES string of the molecule is O=C(O)Cc1cccc(C(=O)NCC2CCCC(F)C2)c1. The van der Waals surface area contributed by atoms with E-state index >= 15 is 0 Å². The van der Waals surface area contributed by atoms with Crippen LogP contribution in [0.15, 0.2) is 24.3 Å². The summed E-state index contributed by atoms with van der Waals surface area (Å²) in [6.45, 7) is 0.475. The van der Waals surface area contributed by atoms with Gasteiger partial charge in [-0.15, -0.1) is 0 Å². The predicted octanol–water partition coefficient (Wildman–Crippen LogP) is 2.57. The molecule has 2 unspecified atom stereocenters. The normalized spacial score (nSPS) is 21.8. The lowest BCUT2D eigenvalue weighted by Gasteiger charge is -2.24. The quantitative estimate of drug-likeness (QED) is 0.877. The van der Waals surface area contributed by atoms with Gasteiger partial charge in [0.05, 0.1) is 6.42 Å². The van der Waals surface area contributed by atoms with Crippen LogP contribution >= 0.6 is 0 Å². The maximum Gasteiger partial charge on any atom is 0.307 e. The molecule has 1 saturated carbocycles. The fourth-order valence-electron chi connectivity index (χ4n) is 2.75. The highest BCUT2D eigenvalue weighted by Gasteiger charge is 2.21. The molecule has 1 aliphatic carbocycles. The smallest absolute Gasteiger partial charge is 0.307 e. The number of hydrogen-bond acceptors (Lipinski definition) is 2. The topological polar surface area (TPSA) is 66.4 Å². The van der Waals surface area contributed by atoms with Crippen LogP contribution in [0.2, 0.25) is 0 Å². The molecule has 5 heteroatoms. The minimum atomic E-state index is -0.927. The van der Waals surface area contributed by atoms with Crippen LogP contribution in [0.1, 0.15) is 41.6 Å².